The lowest BCUT2D eigenvalue weighted by atomic mass is 9.83. The molecule has 2 bridgehead atoms. The highest BCUT2D eigenvalue weighted by molar-refractivity contribution is 5.90. The van der Waals surface area contributed by atoms with Gasteiger partial charge in [-0.15, -0.1) is 0 Å². The van der Waals surface area contributed by atoms with Gasteiger partial charge in [0.25, 0.3) is 5.56 Å². The van der Waals surface area contributed by atoms with Crippen molar-refractivity contribution in [3.63, 3.8) is 0 Å². The van der Waals surface area contributed by atoms with E-state index in [2.05, 4.69) is 21.3 Å². The third-order valence-electron chi connectivity index (χ3n) is 5.43. The summed E-state index contributed by atoms with van der Waals surface area (Å²) in [5.41, 5.74) is 1.98. The van der Waals surface area contributed by atoms with E-state index in [1.54, 1.807) is 12.3 Å². The van der Waals surface area contributed by atoms with Gasteiger partial charge in [-0.05, 0) is 36.5 Å². The number of nitrogens with one attached hydrogen (secondary N) is 1. The maximum Gasteiger partial charge on any atom is 0.250 e. The van der Waals surface area contributed by atoms with E-state index < -0.39 is 0 Å². The van der Waals surface area contributed by atoms with Gasteiger partial charge in [-0.25, -0.2) is 4.98 Å². The minimum absolute atomic E-state index is 0.0223. The van der Waals surface area contributed by atoms with E-state index >= 15 is 0 Å². The lowest BCUT2D eigenvalue weighted by molar-refractivity contribution is -0.116. The molecular weight excluding hydrogens is 340 g/mol. The van der Waals surface area contributed by atoms with E-state index in [0.29, 0.717) is 24.2 Å². The van der Waals surface area contributed by atoms with Crippen molar-refractivity contribution < 1.29 is 4.79 Å². The summed E-state index contributed by atoms with van der Waals surface area (Å²) < 4.78 is 1.94. The Labute approximate surface area is 159 Å². The summed E-state index contributed by atoms with van der Waals surface area (Å²) in [6, 6.07) is 9.48. The van der Waals surface area contributed by atoms with Crippen molar-refractivity contribution in [2.75, 3.05) is 23.3 Å². The van der Waals surface area contributed by atoms with Gasteiger partial charge in [-0.1, -0.05) is 19.9 Å². The highest BCUT2D eigenvalue weighted by atomic mass is 16.1. The van der Waals surface area contributed by atoms with Crippen molar-refractivity contribution >= 4 is 17.4 Å². The van der Waals surface area contributed by atoms with Gasteiger partial charge in [0.15, 0.2) is 0 Å². The Morgan fingerprint density at radius 3 is 2.81 bits per heavy atom. The van der Waals surface area contributed by atoms with Gasteiger partial charge in [-0.2, -0.15) is 0 Å². The number of aromatic nitrogens is 2. The van der Waals surface area contributed by atoms with Crippen LogP contribution in [-0.4, -0.2) is 28.5 Å². The van der Waals surface area contributed by atoms with E-state index in [1.165, 1.54) is 0 Å². The van der Waals surface area contributed by atoms with Gasteiger partial charge in [-0.3, -0.25) is 9.59 Å². The maximum absolute atomic E-state index is 12.1. The van der Waals surface area contributed by atoms with Crippen molar-refractivity contribution in [2.24, 2.45) is 11.8 Å². The van der Waals surface area contributed by atoms with Crippen molar-refractivity contribution in [2.45, 2.75) is 39.2 Å². The molecule has 1 fully saturated rings. The van der Waals surface area contributed by atoms with Crippen LogP contribution in [0.2, 0.25) is 0 Å². The minimum Gasteiger partial charge on any atom is -0.356 e. The molecule has 2 aliphatic heterocycles. The maximum atomic E-state index is 12.1. The van der Waals surface area contributed by atoms with E-state index in [0.717, 1.165) is 43.3 Å². The smallest absolute Gasteiger partial charge is 0.250 e. The molecule has 27 heavy (non-hydrogen) atoms. The summed E-state index contributed by atoms with van der Waals surface area (Å²) in [4.78, 5) is 30.9. The molecule has 6 nitrogen and oxygen atoms in total. The number of amides is 1. The first-order chi connectivity index (χ1) is 13.0. The molecule has 2 aromatic heterocycles. The summed E-state index contributed by atoms with van der Waals surface area (Å²) in [6.07, 6.45) is 3.37. The Kier molecular flexibility index (Phi) is 4.72. The molecule has 4 rings (SSSR count). The summed E-state index contributed by atoms with van der Waals surface area (Å²) in [7, 11) is 0. The first-order valence-electron chi connectivity index (χ1n) is 9.70. The van der Waals surface area contributed by atoms with Crippen molar-refractivity contribution in [3.8, 4) is 0 Å². The fourth-order valence-electron chi connectivity index (χ4n) is 4.31. The largest absolute Gasteiger partial charge is 0.356 e. The van der Waals surface area contributed by atoms with Gasteiger partial charge in [0.1, 0.15) is 5.82 Å². The summed E-state index contributed by atoms with van der Waals surface area (Å²) >= 11 is 0. The van der Waals surface area contributed by atoms with Crippen LogP contribution in [-0.2, 0) is 11.3 Å². The lowest BCUT2D eigenvalue weighted by Crippen LogP contribution is -2.47. The van der Waals surface area contributed by atoms with E-state index in [-0.39, 0.29) is 11.5 Å². The van der Waals surface area contributed by atoms with Crippen molar-refractivity contribution in [3.05, 3.63) is 52.6 Å². The highest BCUT2D eigenvalue weighted by Crippen LogP contribution is 2.36. The topological polar surface area (TPSA) is 67.2 Å². The number of nitrogens with zero attached hydrogens (tertiary/aromatic N) is 3. The molecule has 0 aliphatic carbocycles. The Hall–Kier alpha value is -2.63. The average molecular weight is 366 g/mol. The Balaban J connectivity index is 1.48. The van der Waals surface area contributed by atoms with Crippen molar-refractivity contribution in [1.82, 2.24) is 9.55 Å². The number of hydrogen-bond donors (Lipinski definition) is 1. The average Bonchev–Trinajstić information content (AvgIpc) is 2.62. The standard InChI is InChI=1S/C21H26N4O2/c1-14(2)8-20(26)23-17-6-7-19(22-10-17)24-11-15-9-16(13-24)18-4-3-5-21(27)25(18)12-15/h3-7,10,14-16H,8-9,11-13H2,1-2H3,(H,23,26). The fourth-order valence-corrected chi connectivity index (χ4v) is 4.31. The number of pyridine rings is 2. The summed E-state index contributed by atoms with van der Waals surface area (Å²) in [5, 5.41) is 2.90. The van der Waals surface area contributed by atoms with E-state index in [9.17, 15) is 9.59 Å². The number of piperidine rings is 1. The lowest BCUT2D eigenvalue weighted by Gasteiger charge is -2.43. The number of anilines is 2. The first kappa shape index (κ1) is 17.8. The molecule has 0 aromatic carbocycles. The second kappa shape index (κ2) is 7.18. The quantitative estimate of drug-likeness (QED) is 0.904. The summed E-state index contributed by atoms with van der Waals surface area (Å²) in [6.45, 7) is 6.61. The predicted octanol–water partition coefficient (Wildman–Crippen LogP) is 2.85. The van der Waals surface area contributed by atoms with Crippen LogP contribution in [0.1, 0.15) is 38.3 Å². The van der Waals surface area contributed by atoms with Crippen LogP contribution >= 0.6 is 0 Å². The number of fused-ring (bicyclic) bond motifs is 4. The zero-order valence-corrected chi connectivity index (χ0v) is 15.9. The van der Waals surface area contributed by atoms with Crippen LogP contribution in [0.3, 0.4) is 0 Å². The third kappa shape index (κ3) is 3.75. The SMILES string of the molecule is CC(C)CC(=O)Nc1ccc(N2CC3CC(C2)c2cccc(=O)n2C3)nc1. The number of rotatable bonds is 4. The van der Waals surface area contributed by atoms with Gasteiger partial charge in [0.05, 0.1) is 11.9 Å². The normalized spacial score (nSPS) is 21.1. The fraction of sp³-hybridized carbons (Fsp3) is 0.476. The molecule has 2 atom stereocenters. The molecule has 0 saturated carbocycles. The molecule has 1 saturated heterocycles. The Morgan fingerprint density at radius 1 is 1.22 bits per heavy atom. The van der Waals surface area contributed by atoms with Crippen LogP contribution < -0.4 is 15.8 Å². The molecule has 1 N–H and O–H groups in total. The molecule has 4 heterocycles. The Bertz CT molecular complexity index is 888. The van der Waals surface area contributed by atoms with Gasteiger partial charge < -0.3 is 14.8 Å². The van der Waals surface area contributed by atoms with Gasteiger partial charge in [0.2, 0.25) is 5.91 Å². The minimum atomic E-state index is 0.0223. The second-order valence-corrected chi connectivity index (χ2v) is 8.15. The van der Waals surface area contributed by atoms with Crippen LogP contribution in [0.25, 0.3) is 0 Å². The van der Waals surface area contributed by atoms with Gasteiger partial charge in [0, 0.05) is 43.7 Å². The predicted molar refractivity (Wildman–Crippen MR) is 106 cm³/mol. The van der Waals surface area contributed by atoms with E-state index in [1.807, 2.05) is 36.6 Å². The molecule has 2 aromatic rings. The second-order valence-electron chi connectivity index (χ2n) is 8.15. The molecule has 0 spiro atoms. The number of hydrogen-bond acceptors (Lipinski definition) is 4. The van der Waals surface area contributed by atoms with Crippen LogP contribution in [0.15, 0.2) is 41.3 Å². The highest BCUT2D eigenvalue weighted by Gasteiger charge is 2.34. The molecule has 2 aliphatic rings. The molecular formula is C21H26N4O2. The molecule has 1 amide bonds. The van der Waals surface area contributed by atoms with Crippen LogP contribution in [0.5, 0.6) is 0 Å². The first-order valence-corrected chi connectivity index (χ1v) is 9.70. The van der Waals surface area contributed by atoms with Gasteiger partial charge >= 0.3 is 0 Å². The van der Waals surface area contributed by atoms with Crippen LogP contribution in [0, 0.1) is 11.8 Å². The van der Waals surface area contributed by atoms with E-state index in [4.69, 9.17) is 0 Å². The summed E-state index contributed by atoms with van der Waals surface area (Å²) in [5.74, 6) is 2.11. The molecule has 6 heteroatoms. The number of carbonyl (C=O) groups is 1. The monoisotopic (exact) mass is 366 g/mol. The van der Waals surface area contributed by atoms with Crippen LogP contribution in [0.4, 0.5) is 11.5 Å². The molecule has 2 unspecified atom stereocenters. The zero-order chi connectivity index (χ0) is 19.0. The third-order valence-corrected chi connectivity index (χ3v) is 5.43. The molecule has 142 valence electrons. The zero-order valence-electron chi connectivity index (χ0n) is 15.9. The van der Waals surface area contributed by atoms with Crippen molar-refractivity contribution in [1.29, 1.82) is 0 Å². The Morgan fingerprint density at radius 2 is 2.07 bits per heavy atom. The molecule has 0 radical (unpaired) electrons. The number of carbonyl (C=O) groups excluding carboxylic acids is 1.